The van der Waals surface area contributed by atoms with Gasteiger partial charge in [0, 0.05) is 29.7 Å². The summed E-state index contributed by atoms with van der Waals surface area (Å²) in [5.41, 5.74) is 5.01. The maximum absolute atomic E-state index is 12.5. The van der Waals surface area contributed by atoms with Crippen molar-refractivity contribution in [2.45, 2.75) is 0 Å². The molecule has 0 aliphatic carbocycles. The molecule has 0 bridgehead atoms. The van der Waals surface area contributed by atoms with Crippen LogP contribution in [0.5, 0.6) is 0 Å². The fourth-order valence-corrected chi connectivity index (χ4v) is 3.07. The molecule has 1 saturated heterocycles. The number of hydrogen-bond donors (Lipinski definition) is 4. The van der Waals surface area contributed by atoms with Crippen LogP contribution in [0.2, 0.25) is 0 Å². The number of urea groups is 1. The number of carbonyl (C=O) groups excluding carboxylic acids is 3. The summed E-state index contributed by atoms with van der Waals surface area (Å²) in [6.07, 6.45) is 0. The molecule has 146 valence electrons. The molecule has 4 N–H and O–H groups in total. The van der Waals surface area contributed by atoms with E-state index in [1.54, 1.807) is 48.5 Å². The van der Waals surface area contributed by atoms with Gasteiger partial charge in [-0.25, -0.2) is 9.89 Å². The highest BCUT2D eigenvalue weighted by atomic mass is 16.2. The van der Waals surface area contributed by atoms with Crippen LogP contribution in [-0.4, -0.2) is 41.1 Å². The van der Waals surface area contributed by atoms with Crippen molar-refractivity contribution in [1.29, 1.82) is 0 Å². The van der Waals surface area contributed by atoms with Crippen LogP contribution < -0.4 is 26.6 Å². The van der Waals surface area contributed by atoms with E-state index in [9.17, 15) is 19.2 Å². The molecule has 1 aliphatic heterocycles. The lowest BCUT2D eigenvalue weighted by atomic mass is 10.1. The van der Waals surface area contributed by atoms with Gasteiger partial charge in [0.2, 0.25) is 0 Å². The van der Waals surface area contributed by atoms with Gasteiger partial charge in [-0.2, -0.15) is 5.10 Å². The van der Waals surface area contributed by atoms with Crippen LogP contribution in [0, 0.1) is 0 Å². The first-order valence-corrected chi connectivity index (χ1v) is 8.78. The number of nitrogens with zero attached hydrogens (tertiary/aromatic N) is 2. The van der Waals surface area contributed by atoms with Crippen molar-refractivity contribution in [3.8, 4) is 0 Å². The lowest BCUT2D eigenvalue weighted by Crippen LogP contribution is -2.42. The Morgan fingerprint density at radius 1 is 0.966 bits per heavy atom. The van der Waals surface area contributed by atoms with Gasteiger partial charge in [0.25, 0.3) is 17.4 Å². The summed E-state index contributed by atoms with van der Waals surface area (Å²) in [5, 5.41) is 9.42. The molecule has 2 heterocycles. The lowest BCUT2D eigenvalue weighted by molar-refractivity contribution is 0.0844. The maximum atomic E-state index is 12.5. The molecule has 2 aromatic carbocycles. The highest BCUT2D eigenvalue weighted by Crippen LogP contribution is 2.18. The second-order valence-corrected chi connectivity index (χ2v) is 6.29. The smallest absolute Gasteiger partial charge is 0.321 e. The minimum absolute atomic E-state index is 0.0250. The monoisotopic (exact) mass is 392 g/mol. The van der Waals surface area contributed by atoms with Crippen molar-refractivity contribution in [1.82, 2.24) is 26.4 Å². The normalized spacial score (nSPS) is 13.2. The second kappa shape index (κ2) is 7.43. The first-order chi connectivity index (χ1) is 14.0. The van der Waals surface area contributed by atoms with Crippen molar-refractivity contribution in [3.63, 3.8) is 0 Å². The number of nitrogens with one attached hydrogen (secondary N) is 4. The molecule has 0 atom stereocenters. The Morgan fingerprint density at radius 2 is 1.72 bits per heavy atom. The van der Waals surface area contributed by atoms with E-state index in [1.165, 1.54) is 4.90 Å². The Hall–Kier alpha value is -4.21. The summed E-state index contributed by atoms with van der Waals surface area (Å²) in [6.45, 7) is 1.04. The van der Waals surface area contributed by atoms with E-state index >= 15 is 0 Å². The van der Waals surface area contributed by atoms with Gasteiger partial charge < -0.3 is 5.32 Å². The standard InChI is InChI=1S/C19H16N6O4/c26-16(11-4-3-5-12(10-11)25-9-8-20-19(25)29)22-24-18(28)15-13-6-1-2-7-14(13)17(27)23-21-15/h1-7,10H,8-9H2,(H,20,29)(H,22,26)(H,23,27)(H,24,28). The van der Waals surface area contributed by atoms with E-state index in [0.717, 1.165) is 0 Å². The molecule has 0 unspecified atom stereocenters. The fourth-order valence-electron chi connectivity index (χ4n) is 3.07. The van der Waals surface area contributed by atoms with Crippen LogP contribution in [0.4, 0.5) is 10.5 Å². The average Bonchev–Trinajstić information content (AvgIpc) is 3.18. The van der Waals surface area contributed by atoms with Gasteiger partial charge in [-0.05, 0) is 24.3 Å². The Labute approximate surface area is 163 Å². The van der Waals surface area contributed by atoms with E-state index in [4.69, 9.17) is 0 Å². The van der Waals surface area contributed by atoms with Crippen molar-refractivity contribution >= 4 is 34.3 Å². The van der Waals surface area contributed by atoms with E-state index < -0.39 is 17.4 Å². The molecule has 1 fully saturated rings. The molecule has 0 spiro atoms. The van der Waals surface area contributed by atoms with Gasteiger partial charge in [0.1, 0.15) is 0 Å². The number of aromatic nitrogens is 2. The van der Waals surface area contributed by atoms with Crippen LogP contribution in [-0.2, 0) is 0 Å². The quantitative estimate of drug-likeness (QED) is 0.482. The number of carbonyl (C=O) groups is 3. The van der Waals surface area contributed by atoms with E-state index in [2.05, 4.69) is 26.4 Å². The third-order valence-corrected chi connectivity index (χ3v) is 4.48. The van der Waals surface area contributed by atoms with Crippen molar-refractivity contribution in [2.24, 2.45) is 0 Å². The Balaban J connectivity index is 1.49. The molecule has 0 saturated carbocycles. The molecule has 29 heavy (non-hydrogen) atoms. The van der Waals surface area contributed by atoms with Gasteiger partial charge in [0.15, 0.2) is 5.69 Å². The molecule has 4 amide bonds. The topological polar surface area (TPSA) is 136 Å². The number of benzene rings is 2. The fraction of sp³-hybridized carbons (Fsp3) is 0.105. The lowest BCUT2D eigenvalue weighted by Gasteiger charge is -2.15. The number of rotatable bonds is 3. The first kappa shape index (κ1) is 18.2. The Bertz CT molecular complexity index is 1190. The highest BCUT2D eigenvalue weighted by Gasteiger charge is 2.22. The summed E-state index contributed by atoms with van der Waals surface area (Å²) < 4.78 is 0. The Kier molecular flexibility index (Phi) is 4.65. The van der Waals surface area contributed by atoms with Gasteiger partial charge in [-0.3, -0.25) is 30.1 Å². The summed E-state index contributed by atoms with van der Waals surface area (Å²) in [5.74, 6) is -1.24. The summed E-state index contributed by atoms with van der Waals surface area (Å²) in [7, 11) is 0. The van der Waals surface area contributed by atoms with E-state index in [-0.39, 0.29) is 17.3 Å². The zero-order valence-electron chi connectivity index (χ0n) is 15.1. The second-order valence-electron chi connectivity index (χ2n) is 6.29. The highest BCUT2D eigenvalue weighted by molar-refractivity contribution is 6.06. The molecule has 0 radical (unpaired) electrons. The predicted octanol–water partition coefficient (Wildman–Crippen LogP) is 0.527. The van der Waals surface area contributed by atoms with E-state index in [0.29, 0.717) is 29.5 Å². The molecule has 10 nitrogen and oxygen atoms in total. The summed E-state index contributed by atoms with van der Waals surface area (Å²) in [4.78, 5) is 50.0. The SMILES string of the molecule is O=C(NNC(=O)c1n[nH]c(=O)c2ccccc12)c1cccc(N2CCNC2=O)c1. The molecule has 4 rings (SSSR count). The summed E-state index contributed by atoms with van der Waals surface area (Å²) in [6, 6.07) is 12.8. The average molecular weight is 392 g/mol. The minimum Gasteiger partial charge on any atom is -0.336 e. The minimum atomic E-state index is -0.680. The number of fused-ring (bicyclic) bond motifs is 1. The number of anilines is 1. The van der Waals surface area contributed by atoms with E-state index in [1.807, 2.05) is 0 Å². The molecule has 1 aromatic heterocycles. The van der Waals surface area contributed by atoms with Gasteiger partial charge >= 0.3 is 6.03 Å². The molecule has 1 aliphatic rings. The zero-order valence-corrected chi connectivity index (χ0v) is 15.1. The Morgan fingerprint density at radius 3 is 2.48 bits per heavy atom. The number of amides is 4. The number of aromatic amines is 1. The van der Waals surface area contributed by atoms with Gasteiger partial charge in [-0.1, -0.05) is 24.3 Å². The molecular formula is C19H16N6O4. The van der Waals surface area contributed by atoms with Crippen molar-refractivity contribution in [3.05, 3.63) is 70.1 Å². The van der Waals surface area contributed by atoms with Gasteiger partial charge in [0.05, 0.1) is 5.39 Å². The van der Waals surface area contributed by atoms with Crippen LogP contribution in [0.15, 0.2) is 53.3 Å². The first-order valence-electron chi connectivity index (χ1n) is 8.78. The van der Waals surface area contributed by atoms with Gasteiger partial charge in [-0.15, -0.1) is 0 Å². The van der Waals surface area contributed by atoms with Crippen LogP contribution >= 0.6 is 0 Å². The molecule has 3 aromatic rings. The zero-order chi connectivity index (χ0) is 20.4. The largest absolute Gasteiger partial charge is 0.336 e. The third-order valence-electron chi connectivity index (χ3n) is 4.48. The van der Waals surface area contributed by atoms with Crippen molar-refractivity contribution < 1.29 is 14.4 Å². The van der Waals surface area contributed by atoms with Crippen LogP contribution in [0.25, 0.3) is 10.8 Å². The molecular weight excluding hydrogens is 376 g/mol. The van der Waals surface area contributed by atoms with Crippen molar-refractivity contribution in [2.75, 3.05) is 18.0 Å². The predicted molar refractivity (Wildman–Crippen MR) is 104 cm³/mol. The number of H-pyrrole nitrogens is 1. The summed E-state index contributed by atoms with van der Waals surface area (Å²) >= 11 is 0. The maximum Gasteiger partial charge on any atom is 0.321 e. The van der Waals surface area contributed by atoms with Crippen LogP contribution in [0.3, 0.4) is 0 Å². The van der Waals surface area contributed by atoms with Crippen LogP contribution in [0.1, 0.15) is 20.8 Å². The third kappa shape index (κ3) is 3.50. The number of hydrogen-bond acceptors (Lipinski definition) is 5. The number of hydrazine groups is 1. The molecule has 10 heteroatoms.